The van der Waals surface area contributed by atoms with Crippen molar-refractivity contribution in [2.45, 2.75) is 88.6 Å². The molecule has 1 aromatic rings. The monoisotopic (exact) mass is 617 g/mol. The number of methoxy groups -OCH3 is 3. The summed E-state index contributed by atoms with van der Waals surface area (Å²) in [5, 5.41) is 46.2. The van der Waals surface area contributed by atoms with Crippen molar-refractivity contribution in [1.82, 2.24) is 0 Å². The van der Waals surface area contributed by atoms with Gasteiger partial charge in [0.2, 0.25) is 5.75 Å². The van der Waals surface area contributed by atoms with Gasteiger partial charge in [0.1, 0.15) is 6.61 Å². The van der Waals surface area contributed by atoms with E-state index in [4.69, 9.17) is 18.9 Å². The zero-order valence-corrected chi connectivity index (χ0v) is 26.2. The normalized spacial score (nSPS) is 39.0. The van der Waals surface area contributed by atoms with Gasteiger partial charge in [-0.25, -0.2) is 4.79 Å². The molecule has 1 heterocycles. The Balaban J connectivity index is 0.000000232. The number of hydrogen-bond donors (Lipinski definition) is 4. The number of aliphatic carboxylic acids is 1. The quantitative estimate of drug-likeness (QED) is 0.335. The van der Waals surface area contributed by atoms with E-state index in [-0.39, 0.29) is 49.6 Å². The second-order valence-corrected chi connectivity index (χ2v) is 13.5. The van der Waals surface area contributed by atoms with Crippen molar-refractivity contribution >= 4 is 11.9 Å². The van der Waals surface area contributed by atoms with Crippen LogP contribution < -0.4 is 25.1 Å². The third-order valence-corrected chi connectivity index (χ3v) is 11.9. The van der Waals surface area contributed by atoms with Gasteiger partial charge < -0.3 is 49.9 Å². The summed E-state index contributed by atoms with van der Waals surface area (Å²) >= 11 is 0. The first kappa shape index (κ1) is 32.5. The van der Waals surface area contributed by atoms with Crippen LogP contribution in [0.1, 0.15) is 70.3 Å². The molecule has 11 heteroatoms. The smallest absolute Gasteiger partial charge is 0.331 e. The molecule has 0 saturated heterocycles. The van der Waals surface area contributed by atoms with Crippen LogP contribution in [0.15, 0.2) is 23.8 Å². The Kier molecular flexibility index (Phi) is 8.74. The predicted octanol–water partition coefficient (Wildman–Crippen LogP) is 0.904. The average Bonchev–Trinajstić information content (AvgIpc) is 3.55. The van der Waals surface area contributed by atoms with E-state index in [1.807, 2.05) is 12.1 Å². The summed E-state index contributed by atoms with van der Waals surface area (Å²) in [6.07, 6.45) is 4.64. The number of carboxylic acids is 1. The molecule has 0 radical (unpaired) electrons. The van der Waals surface area contributed by atoms with Gasteiger partial charge in [-0.15, -0.1) is 0 Å². The number of aliphatic hydroxyl groups excluding tert-OH is 1. The lowest BCUT2D eigenvalue weighted by Gasteiger charge is -2.67. The summed E-state index contributed by atoms with van der Waals surface area (Å²) < 4.78 is 20.7. The first-order chi connectivity index (χ1) is 20.8. The summed E-state index contributed by atoms with van der Waals surface area (Å²) in [7, 11) is 4.79. The predicted molar refractivity (Wildman–Crippen MR) is 155 cm³/mol. The Hall–Kier alpha value is -2.86. The summed E-state index contributed by atoms with van der Waals surface area (Å²) in [4.78, 5) is 24.2. The minimum Gasteiger partial charge on any atom is -0.549 e. The molecule has 11 nitrogen and oxygen atoms in total. The lowest BCUT2D eigenvalue weighted by Crippen LogP contribution is -2.72. The first-order valence-corrected chi connectivity index (χ1v) is 15.6. The van der Waals surface area contributed by atoms with Gasteiger partial charge in [0.15, 0.2) is 11.5 Å². The van der Waals surface area contributed by atoms with Crippen LogP contribution in [0, 0.1) is 28.6 Å². The van der Waals surface area contributed by atoms with Gasteiger partial charge in [0.25, 0.3) is 0 Å². The largest absolute Gasteiger partial charge is 0.549 e. The number of aliphatic hydroxyl groups is 3. The number of rotatable bonds is 6. The zero-order valence-electron chi connectivity index (χ0n) is 26.2. The number of carboxylic acid groups (broad SMARTS) is 1. The van der Waals surface area contributed by atoms with Crippen LogP contribution in [-0.4, -0.2) is 72.5 Å². The maximum atomic E-state index is 12.6. The van der Waals surface area contributed by atoms with Crippen LogP contribution >= 0.6 is 0 Å². The van der Waals surface area contributed by atoms with Crippen LogP contribution in [0.25, 0.3) is 0 Å². The molecule has 1 aromatic carbocycles. The van der Waals surface area contributed by atoms with Crippen LogP contribution in [0.2, 0.25) is 0 Å². The van der Waals surface area contributed by atoms with E-state index < -0.39 is 34.1 Å². The van der Waals surface area contributed by atoms with Crippen LogP contribution in [0.5, 0.6) is 17.2 Å². The van der Waals surface area contributed by atoms with E-state index in [2.05, 4.69) is 12.7 Å². The molecule has 8 atom stereocenters. The molecule has 0 bridgehead atoms. The van der Waals surface area contributed by atoms with Gasteiger partial charge >= 0.3 is 5.97 Å². The van der Waals surface area contributed by atoms with Crippen molar-refractivity contribution < 1.29 is 54.7 Å². The fourth-order valence-corrected chi connectivity index (χ4v) is 9.75. The number of hydrogen-bond acceptors (Lipinski definition) is 10. The van der Waals surface area contributed by atoms with Crippen molar-refractivity contribution in [1.29, 1.82) is 0 Å². The zero-order chi connectivity index (χ0) is 32.1. The molecule has 4 saturated carbocycles. The molecule has 0 aromatic heterocycles. The standard InChI is InChI=1S/C23H32O7.C10H15NO3/c1-20-6-3-16-17(23(20,29)9-5-15(20)13-10-18(25)30-12-13)4-7-21(28)11-14(24)2-8-22(16,21)19(26)27;1-12-8-4-7(6-11)5-9(13-2)10(8)14-3/h10,14-17,24,28-29H,2-9,11-12H2,1H3,(H,26,27);4-5H,6,11H2,1-3H3/t14-,15+,16-,17+,20+,21-,22+,23-;/m0./s1. The Morgan fingerprint density at radius 3 is 2.20 bits per heavy atom. The van der Waals surface area contributed by atoms with Crippen LogP contribution in [0.4, 0.5) is 0 Å². The van der Waals surface area contributed by atoms with Gasteiger partial charge in [-0.3, -0.25) is 0 Å². The van der Waals surface area contributed by atoms with E-state index in [9.17, 15) is 30.0 Å². The molecule has 6 N–H and O–H groups in total. The fourth-order valence-electron chi connectivity index (χ4n) is 9.75. The van der Waals surface area contributed by atoms with Crippen molar-refractivity contribution in [2.24, 2.45) is 28.6 Å². The maximum absolute atomic E-state index is 12.6. The van der Waals surface area contributed by atoms with Crippen molar-refractivity contribution in [3.8, 4) is 17.2 Å². The summed E-state index contributed by atoms with van der Waals surface area (Å²) in [6, 6.07) is 3.79. The topological polar surface area (TPSA) is 182 Å². The average molecular weight is 618 g/mol. The van der Waals surface area contributed by atoms with E-state index in [1.165, 1.54) is 0 Å². The molecule has 244 valence electrons. The second kappa shape index (κ2) is 11.8. The number of cyclic esters (lactones) is 1. The van der Waals surface area contributed by atoms with Gasteiger partial charge in [-0.05, 0) is 86.8 Å². The van der Waals surface area contributed by atoms with Gasteiger partial charge in [0, 0.05) is 28.9 Å². The number of carbonyl (C=O) groups is 2. The van der Waals surface area contributed by atoms with Crippen molar-refractivity contribution in [3.63, 3.8) is 0 Å². The van der Waals surface area contributed by atoms with E-state index >= 15 is 0 Å². The Bertz CT molecular complexity index is 1290. The van der Waals surface area contributed by atoms with Crippen molar-refractivity contribution in [3.05, 3.63) is 29.3 Å². The highest BCUT2D eigenvalue weighted by atomic mass is 16.5. The van der Waals surface area contributed by atoms with Crippen LogP contribution in [0.3, 0.4) is 0 Å². The van der Waals surface area contributed by atoms with Gasteiger partial charge in [-0.1, -0.05) is 6.92 Å². The number of benzene rings is 1. The van der Waals surface area contributed by atoms with Gasteiger partial charge in [-0.2, -0.15) is 0 Å². The molecule has 5 aliphatic rings. The lowest BCUT2D eigenvalue weighted by atomic mass is 9.41. The highest BCUT2D eigenvalue weighted by Gasteiger charge is 2.71. The third-order valence-electron chi connectivity index (χ3n) is 11.9. The summed E-state index contributed by atoms with van der Waals surface area (Å²) in [5.74, 6) is -0.233. The third kappa shape index (κ3) is 4.78. The Morgan fingerprint density at radius 1 is 1.00 bits per heavy atom. The minimum atomic E-state index is -1.50. The van der Waals surface area contributed by atoms with E-state index in [0.29, 0.717) is 55.9 Å². The highest BCUT2D eigenvalue weighted by molar-refractivity contribution is 5.85. The number of ether oxygens (including phenoxy) is 4. The van der Waals surface area contributed by atoms with E-state index in [1.54, 1.807) is 27.4 Å². The fraction of sp³-hybridized carbons (Fsp3) is 0.697. The first-order valence-electron chi connectivity index (χ1n) is 15.6. The molecule has 0 amide bonds. The molecular weight excluding hydrogens is 570 g/mol. The minimum absolute atomic E-state index is 0.0304. The number of carbonyl (C=O) groups excluding carboxylic acids is 2. The molecule has 0 spiro atoms. The summed E-state index contributed by atoms with van der Waals surface area (Å²) in [5.41, 5.74) is 1.33. The van der Waals surface area contributed by atoms with Crippen LogP contribution in [-0.2, 0) is 20.9 Å². The molecule has 44 heavy (non-hydrogen) atoms. The molecule has 0 unspecified atom stereocenters. The number of quaternary nitrogens is 1. The molecule has 1 aliphatic heterocycles. The lowest BCUT2D eigenvalue weighted by molar-refractivity contribution is -0.386. The molecule has 4 aliphatic carbocycles. The highest BCUT2D eigenvalue weighted by Crippen LogP contribution is 2.70. The number of fused-ring (bicyclic) bond motifs is 5. The van der Waals surface area contributed by atoms with E-state index in [0.717, 1.165) is 17.6 Å². The summed E-state index contributed by atoms with van der Waals surface area (Å²) in [6.45, 7) is 3.03. The molecular formula is C33H47NO10. The second-order valence-electron chi connectivity index (χ2n) is 13.5. The Labute approximate surface area is 258 Å². The number of esters is 1. The Morgan fingerprint density at radius 2 is 1.66 bits per heavy atom. The van der Waals surface area contributed by atoms with Gasteiger partial charge in [0.05, 0.1) is 51.1 Å². The SMILES string of the molecule is COc1cc(C[NH3+])cc(OC)c1OC.C[C@]12CC[C@H]3[C@@H](CC[C@]4(O)C[C@@H](O)CC[C@]34C(=O)[O-])[C@@]1(O)CC[C@@H]2C1=CC(=O)OC1. The molecule has 4 fully saturated rings. The van der Waals surface area contributed by atoms with Crippen molar-refractivity contribution in [2.75, 3.05) is 27.9 Å². The molecule has 6 rings (SSSR count). The maximum Gasteiger partial charge on any atom is 0.331 e.